The van der Waals surface area contributed by atoms with Gasteiger partial charge in [0.2, 0.25) is 5.91 Å². The molecule has 0 radical (unpaired) electrons. The van der Waals surface area contributed by atoms with Gasteiger partial charge in [0.25, 0.3) is 0 Å². The second-order valence-electron chi connectivity index (χ2n) is 6.51. The van der Waals surface area contributed by atoms with Gasteiger partial charge >= 0.3 is 0 Å². The van der Waals surface area contributed by atoms with E-state index < -0.39 is 0 Å². The molecule has 0 saturated carbocycles. The second-order valence-corrected chi connectivity index (χ2v) is 7.49. The van der Waals surface area contributed by atoms with Gasteiger partial charge in [-0.2, -0.15) is 0 Å². The van der Waals surface area contributed by atoms with Gasteiger partial charge < -0.3 is 14.4 Å². The van der Waals surface area contributed by atoms with Gasteiger partial charge in [-0.15, -0.1) is 11.3 Å². The van der Waals surface area contributed by atoms with E-state index in [9.17, 15) is 4.79 Å². The predicted octanol–water partition coefficient (Wildman–Crippen LogP) is 3.05. The number of ether oxygens (including phenoxy) is 2. The van der Waals surface area contributed by atoms with E-state index >= 15 is 0 Å². The van der Waals surface area contributed by atoms with Crippen molar-refractivity contribution in [3.63, 3.8) is 0 Å². The summed E-state index contributed by atoms with van der Waals surface area (Å²) < 4.78 is 11.0. The lowest BCUT2D eigenvalue weighted by Gasteiger charge is -2.48. The molecule has 3 heterocycles. The topological polar surface area (TPSA) is 38.8 Å². The highest BCUT2D eigenvalue weighted by Crippen LogP contribution is 2.44. The molecule has 1 aromatic rings. The molecule has 2 aliphatic heterocycles. The Morgan fingerprint density at radius 3 is 3.00 bits per heavy atom. The normalized spacial score (nSPS) is 24.4. The van der Waals surface area contributed by atoms with E-state index in [1.165, 1.54) is 0 Å². The summed E-state index contributed by atoms with van der Waals surface area (Å²) in [5.74, 6) is 0.587. The molecule has 1 atom stereocenters. The average Bonchev–Trinajstić information content (AvgIpc) is 3.09. The molecule has 4 nitrogen and oxygen atoms in total. The Kier molecular flexibility index (Phi) is 5.51. The van der Waals surface area contributed by atoms with Crippen molar-refractivity contribution in [1.82, 2.24) is 4.90 Å². The summed E-state index contributed by atoms with van der Waals surface area (Å²) in [6.45, 7) is 4.07. The Hall–Kier alpha value is -1.17. The van der Waals surface area contributed by atoms with Crippen molar-refractivity contribution in [3.8, 4) is 0 Å². The lowest BCUT2D eigenvalue weighted by atomic mass is 9.66. The van der Waals surface area contributed by atoms with Gasteiger partial charge in [-0.25, -0.2) is 0 Å². The van der Waals surface area contributed by atoms with E-state index in [4.69, 9.17) is 9.47 Å². The molecule has 5 heteroatoms. The van der Waals surface area contributed by atoms with Crippen LogP contribution in [0, 0.1) is 11.3 Å². The first-order valence-corrected chi connectivity index (χ1v) is 9.19. The molecular weight excluding hydrogens is 310 g/mol. The van der Waals surface area contributed by atoms with Crippen molar-refractivity contribution >= 4 is 23.3 Å². The molecule has 2 fully saturated rings. The SMILES string of the molecule is COC[C@H]1COCCC12CCN(C(=O)/C=C/c1cccs1)CC2. The van der Waals surface area contributed by atoms with Crippen molar-refractivity contribution in [1.29, 1.82) is 0 Å². The van der Waals surface area contributed by atoms with Crippen LogP contribution in [0.5, 0.6) is 0 Å². The second kappa shape index (κ2) is 7.60. The van der Waals surface area contributed by atoms with Crippen LogP contribution < -0.4 is 0 Å². The number of methoxy groups -OCH3 is 1. The highest BCUT2D eigenvalue weighted by atomic mass is 32.1. The van der Waals surface area contributed by atoms with Crippen LogP contribution in [0.15, 0.2) is 23.6 Å². The summed E-state index contributed by atoms with van der Waals surface area (Å²) in [5.41, 5.74) is 0.294. The number of thiophene rings is 1. The molecular formula is C18H25NO3S. The number of carbonyl (C=O) groups is 1. The summed E-state index contributed by atoms with van der Waals surface area (Å²) in [5, 5.41) is 2.02. The Balaban J connectivity index is 1.57. The third kappa shape index (κ3) is 3.84. The van der Waals surface area contributed by atoms with E-state index in [0.29, 0.717) is 11.3 Å². The molecule has 2 aliphatic rings. The van der Waals surface area contributed by atoms with E-state index in [0.717, 1.165) is 57.0 Å². The molecule has 0 bridgehead atoms. The highest BCUT2D eigenvalue weighted by molar-refractivity contribution is 7.10. The molecule has 0 aromatic carbocycles. The van der Waals surface area contributed by atoms with Crippen molar-refractivity contribution in [2.75, 3.05) is 40.0 Å². The fraction of sp³-hybridized carbons (Fsp3) is 0.611. The van der Waals surface area contributed by atoms with Gasteiger partial charge in [-0.1, -0.05) is 6.07 Å². The minimum absolute atomic E-state index is 0.128. The van der Waals surface area contributed by atoms with Gasteiger partial charge in [0.05, 0.1) is 13.2 Å². The first kappa shape index (κ1) is 16.7. The van der Waals surface area contributed by atoms with Crippen LogP contribution in [0.4, 0.5) is 0 Å². The lowest BCUT2D eigenvalue weighted by Crippen LogP contribution is -2.50. The zero-order valence-corrected chi connectivity index (χ0v) is 14.5. The van der Waals surface area contributed by atoms with E-state index in [2.05, 4.69) is 0 Å². The zero-order valence-electron chi connectivity index (χ0n) is 13.7. The Morgan fingerprint density at radius 1 is 1.48 bits per heavy atom. The van der Waals surface area contributed by atoms with Crippen LogP contribution in [-0.2, 0) is 14.3 Å². The van der Waals surface area contributed by atoms with Gasteiger partial charge in [0, 0.05) is 43.7 Å². The lowest BCUT2D eigenvalue weighted by molar-refractivity contribution is -0.133. The number of piperidine rings is 1. The molecule has 126 valence electrons. The van der Waals surface area contributed by atoms with Gasteiger partial charge in [0.1, 0.15) is 0 Å². The van der Waals surface area contributed by atoms with Crippen LogP contribution in [-0.4, -0.2) is 50.8 Å². The van der Waals surface area contributed by atoms with Crippen LogP contribution in [0.3, 0.4) is 0 Å². The van der Waals surface area contributed by atoms with Gasteiger partial charge in [-0.3, -0.25) is 4.79 Å². The van der Waals surface area contributed by atoms with Gasteiger partial charge in [-0.05, 0) is 42.2 Å². The number of hydrogen-bond donors (Lipinski definition) is 0. The summed E-state index contributed by atoms with van der Waals surface area (Å²) in [4.78, 5) is 15.5. The molecule has 0 N–H and O–H groups in total. The van der Waals surface area contributed by atoms with Crippen LogP contribution >= 0.6 is 11.3 Å². The molecule has 1 spiro atoms. The highest BCUT2D eigenvalue weighted by Gasteiger charge is 2.43. The van der Waals surface area contributed by atoms with E-state index in [1.54, 1.807) is 24.5 Å². The number of amides is 1. The molecule has 0 aliphatic carbocycles. The Labute approximate surface area is 142 Å². The molecule has 0 unspecified atom stereocenters. The van der Waals surface area contributed by atoms with Crippen molar-refractivity contribution < 1.29 is 14.3 Å². The fourth-order valence-electron chi connectivity index (χ4n) is 3.78. The Bertz CT molecular complexity index is 530. The zero-order chi connectivity index (χ0) is 16.1. The maximum Gasteiger partial charge on any atom is 0.246 e. The first-order chi connectivity index (χ1) is 11.2. The maximum absolute atomic E-state index is 12.4. The van der Waals surface area contributed by atoms with E-state index in [-0.39, 0.29) is 5.91 Å². The van der Waals surface area contributed by atoms with Crippen LogP contribution in [0.2, 0.25) is 0 Å². The minimum atomic E-state index is 0.128. The number of likely N-dealkylation sites (tertiary alicyclic amines) is 1. The minimum Gasteiger partial charge on any atom is -0.384 e. The predicted molar refractivity (Wildman–Crippen MR) is 92.4 cm³/mol. The Morgan fingerprint density at radius 2 is 2.30 bits per heavy atom. The summed E-state index contributed by atoms with van der Waals surface area (Å²) >= 11 is 1.65. The fourth-order valence-corrected chi connectivity index (χ4v) is 4.40. The quantitative estimate of drug-likeness (QED) is 0.794. The van der Waals surface area contributed by atoms with Crippen molar-refractivity contribution in [3.05, 3.63) is 28.5 Å². The standard InChI is InChI=1S/C18H25NO3S/c1-21-13-15-14-22-11-8-18(15)6-9-19(10-7-18)17(20)5-4-16-3-2-12-23-16/h2-5,12,15H,6-11,13-14H2,1H3/b5-4+/t15-/m0/s1. The van der Waals surface area contributed by atoms with Crippen molar-refractivity contribution in [2.24, 2.45) is 11.3 Å². The molecule has 1 aromatic heterocycles. The van der Waals surface area contributed by atoms with Crippen LogP contribution in [0.1, 0.15) is 24.1 Å². The molecule has 1 amide bonds. The molecule has 23 heavy (non-hydrogen) atoms. The van der Waals surface area contributed by atoms with E-state index in [1.807, 2.05) is 28.5 Å². The summed E-state index contributed by atoms with van der Waals surface area (Å²) in [6, 6.07) is 4.03. The maximum atomic E-state index is 12.4. The first-order valence-electron chi connectivity index (χ1n) is 8.31. The van der Waals surface area contributed by atoms with Crippen molar-refractivity contribution in [2.45, 2.75) is 19.3 Å². The number of carbonyl (C=O) groups excluding carboxylic acids is 1. The summed E-state index contributed by atoms with van der Waals surface area (Å²) in [6.07, 6.45) is 6.83. The van der Waals surface area contributed by atoms with Gasteiger partial charge in [0.15, 0.2) is 0 Å². The molecule has 3 rings (SSSR count). The number of nitrogens with zero attached hydrogens (tertiary/aromatic N) is 1. The largest absolute Gasteiger partial charge is 0.384 e. The third-order valence-electron chi connectivity index (χ3n) is 5.30. The summed E-state index contributed by atoms with van der Waals surface area (Å²) in [7, 11) is 1.76. The number of hydrogen-bond acceptors (Lipinski definition) is 4. The monoisotopic (exact) mass is 335 g/mol. The third-order valence-corrected chi connectivity index (χ3v) is 6.14. The number of rotatable bonds is 4. The molecule has 2 saturated heterocycles. The smallest absolute Gasteiger partial charge is 0.246 e. The average molecular weight is 335 g/mol. The van der Waals surface area contributed by atoms with Crippen LogP contribution in [0.25, 0.3) is 6.08 Å².